The van der Waals surface area contributed by atoms with Gasteiger partial charge in [-0.15, -0.1) is 0 Å². The molecule has 1 saturated heterocycles. The highest BCUT2D eigenvalue weighted by Gasteiger charge is 2.42. The third-order valence-electron chi connectivity index (χ3n) is 5.88. The normalized spacial score (nSPS) is 43.1. The molecule has 0 spiro atoms. The molecule has 3 rings (SSSR count). The second kappa shape index (κ2) is 5.66. The Balaban J connectivity index is 1.63. The topological polar surface area (TPSA) is 39.1 Å². The van der Waals surface area contributed by atoms with Crippen molar-refractivity contribution < 1.29 is 0 Å². The maximum absolute atomic E-state index is 9.70. The molecule has 0 aromatic rings. The van der Waals surface area contributed by atoms with Gasteiger partial charge in [-0.2, -0.15) is 5.26 Å². The van der Waals surface area contributed by atoms with Crippen molar-refractivity contribution in [2.45, 2.75) is 76.4 Å². The second-order valence-corrected chi connectivity index (χ2v) is 7.60. The van der Waals surface area contributed by atoms with Gasteiger partial charge < -0.3 is 0 Å². The van der Waals surface area contributed by atoms with Crippen molar-refractivity contribution in [3.05, 3.63) is 0 Å². The van der Waals surface area contributed by atoms with Crippen LogP contribution >= 0.6 is 0 Å². The summed E-state index contributed by atoms with van der Waals surface area (Å²) in [4.78, 5) is 2.69. The standard InChI is InChI=1S/C17H29N3/c1-13-7-9-20(11-14(13)2)16-4-3-8-17(10-16,12-18)19-15-5-6-15/h13-16,19H,3-11H2,1-2H3. The molecule has 0 aromatic carbocycles. The number of rotatable bonds is 3. The highest BCUT2D eigenvalue weighted by molar-refractivity contribution is 5.13. The van der Waals surface area contributed by atoms with Crippen LogP contribution < -0.4 is 5.32 Å². The quantitative estimate of drug-likeness (QED) is 0.861. The molecule has 2 aliphatic carbocycles. The molecule has 0 bridgehead atoms. The molecule has 0 amide bonds. The van der Waals surface area contributed by atoms with Crippen LogP contribution in [0.4, 0.5) is 0 Å². The summed E-state index contributed by atoms with van der Waals surface area (Å²) in [5.74, 6) is 1.67. The maximum Gasteiger partial charge on any atom is 0.108 e. The van der Waals surface area contributed by atoms with Crippen LogP contribution in [0.1, 0.15) is 58.8 Å². The van der Waals surface area contributed by atoms with E-state index >= 15 is 0 Å². The molecule has 1 aliphatic heterocycles. The van der Waals surface area contributed by atoms with Gasteiger partial charge in [-0.3, -0.25) is 10.2 Å². The molecule has 3 heteroatoms. The van der Waals surface area contributed by atoms with Gasteiger partial charge in [-0.1, -0.05) is 13.8 Å². The average Bonchev–Trinajstić information content (AvgIpc) is 3.26. The summed E-state index contributed by atoms with van der Waals surface area (Å²) < 4.78 is 0. The largest absolute Gasteiger partial charge is 0.300 e. The Morgan fingerprint density at radius 2 is 1.95 bits per heavy atom. The third kappa shape index (κ3) is 3.02. The van der Waals surface area contributed by atoms with Gasteiger partial charge in [0.15, 0.2) is 0 Å². The fourth-order valence-electron chi connectivity index (χ4n) is 4.07. The van der Waals surface area contributed by atoms with Gasteiger partial charge in [-0.05, 0) is 63.3 Å². The zero-order chi connectivity index (χ0) is 14.2. The van der Waals surface area contributed by atoms with Gasteiger partial charge >= 0.3 is 0 Å². The molecule has 20 heavy (non-hydrogen) atoms. The SMILES string of the molecule is CC1CCN(C2CCCC(C#N)(NC3CC3)C2)CC1C. The zero-order valence-electron chi connectivity index (χ0n) is 13.1. The minimum absolute atomic E-state index is 0.226. The lowest BCUT2D eigenvalue weighted by Gasteiger charge is -2.45. The van der Waals surface area contributed by atoms with Crippen LogP contribution in [0.25, 0.3) is 0 Å². The lowest BCUT2D eigenvalue weighted by atomic mass is 9.77. The Morgan fingerprint density at radius 3 is 2.60 bits per heavy atom. The second-order valence-electron chi connectivity index (χ2n) is 7.60. The maximum atomic E-state index is 9.70. The number of hydrogen-bond acceptors (Lipinski definition) is 3. The minimum atomic E-state index is -0.226. The summed E-state index contributed by atoms with van der Waals surface area (Å²) in [6.45, 7) is 7.24. The summed E-state index contributed by atoms with van der Waals surface area (Å²) in [5.41, 5.74) is -0.226. The van der Waals surface area contributed by atoms with Crippen LogP contribution in [0.3, 0.4) is 0 Å². The number of nitrogens with one attached hydrogen (secondary N) is 1. The van der Waals surface area contributed by atoms with E-state index in [2.05, 4.69) is 30.1 Å². The number of likely N-dealkylation sites (tertiary alicyclic amines) is 1. The Kier molecular flexibility index (Phi) is 4.06. The van der Waals surface area contributed by atoms with Crippen molar-refractivity contribution in [2.24, 2.45) is 11.8 Å². The van der Waals surface area contributed by atoms with Crippen molar-refractivity contribution in [3.8, 4) is 6.07 Å². The Bertz CT molecular complexity index is 384. The van der Waals surface area contributed by atoms with Crippen molar-refractivity contribution in [1.82, 2.24) is 10.2 Å². The van der Waals surface area contributed by atoms with E-state index in [0.717, 1.165) is 24.7 Å². The van der Waals surface area contributed by atoms with Crippen molar-refractivity contribution >= 4 is 0 Å². The zero-order valence-corrected chi connectivity index (χ0v) is 13.1. The predicted molar refractivity (Wildman–Crippen MR) is 81.3 cm³/mol. The number of piperidine rings is 1. The average molecular weight is 275 g/mol. The first kappa shape index (κ1) is 14.4. The minimum Gasteiger partial charge on any atom is -0.300 e. The summed E-state index contributed by atoms with van der Waals surface area (Å²) in [6, 6.07) is 3.90. The van der Waals surface area contributed by atoms with Gasteiger partial charge in [0, 0.05) is 18.6 Å². The molecule has 1 heterocycles. The van der Waals surface area contributed by atoms with E-state index in [4.69, 9.17) is 0 Å². The van der Waals surface area contributed by atoms with Crippen molar-refractivity contribution in [3.63, 3.8) is 0 Å². The van der Waals surface area contributed by atoms with E-state index < -0.39 is 0 Å². The van der Waals surface area contributed by atoms with Crippen LogP contribution in [0.15, 0.2) is 0 Å². The van der Waals surface area contributed by atoms with Crippen LogP contribution in [-0.2, 0) is 0 Å². The molecule has 1 N–H and O–H groups in total. The molecular formula is C17H29N3. The molecular weight excluding hydrogens is 246 g/mol. The highest BCUT2D eigenvalue weighted by Crippen LogP contribution is 2.36. The predicted octanol–water partition coefficient (Wildman–Crippen LogP) is 2.92. The van der Waals surface area contributed by atoms with E-state index in [1.807, 2.05) is 0 Å². The first-order valence-corrected chi connectivity index (χ1v) is 8.55. The van der Waals surface area contributed by atoms with E-state index in [1.54, 1.807) is 0 Å². The summed E-state index contributed by atoms with van der Waals surface area (Å²) in [7, 11) is 0. The fourth-order valence-corrected chi connectivity index (χ4v) is 4.07. The number of nitriles is 1. The van der Waals surface area contributed by atoms with Gasteiger partial charge in [0.2, 0.25) is 0 Å². The first-order chi connectivity index (χ1) is 9.62. The van der Waals surface area contributed by atoms with Gasteiger partial charge in [0.25, 0.3) is 0 Å². The number of hydrogen-bond donors (Lipinski definition) is 1. The van der Waals surface area contributed by atoms with E-state index in [-0.39, 0.29) is 5.54 Å². The summed E-state index contributed by atoms with van der Waals surface area (Å²) in [6.07, 6.45) is 8.46. The van der Waals surface area contributed by atoms with Gasteiger partial charge in [-0.25, -0.2) is 0 Å². The smallest absolute Gasteiger partial charge is 0.108 e. The van der Waals surface area contributed by atoms with E-state index in [0.29, 0.717) is 12.1 Å². The lowest BCUT2D eigenvalue weighted by Crippen LogP contribution is -2.55. The monoisotopic (exact) mass is 275 g/mol. The number of nitrogens with zero attached hydrogens (tertiary/aromatic N) is 2. The summed E-state index contributed by atoms with van der Waals surface area (Å²) >= 11 is 0. The van der Waals surface area contributed by atoms with Crippen LogP contribution in [0, 0.1) is 23.2 Å². The van der Waals surface area contributed by atoms with Gasteiger partial charge in [0.05, 0.1) is 6.07 Å². The van der Waals surface area contributed by atoms with Crippen LogP contribution in [0.2, 0.25) is 0 Å². The molecule has 3 nitrogen and oxygen atoms in total. The Hall–Kier alpha value is -0.590. The van der Waals surface area contributed by atoms with E-state index in [9.17, 15) is 5.26 Å². The van der Waals surface area contributed by atoms with Crippen molar-refractivity contribution in [2.75, 3.05) is 13.1 Å². The highest BCUT2D eigenvalue weighted by atomic mass is 15.2. The Labute approximate surface area is 123 Å². The molecule has 4 atom stereocenters. The molecule has 0 aromatic heterocycles. The third-order valence-corrected chi connectivity index (χ3v) is 5.88. The van der Waals surface area contributed by atoms with E-state index in [1.165, 1.54) is 45.2 Å². The van der Waals surface area contributed by atoms with Gasteiger partial charge in [0.1, 0.15) is 5.54 Å². The fraction of sp³-hybridized carbons (Fsp3) is 0.941. The molecule has 112 valence electrons. The molecule has 3 aliphatic rings. The molecule has 2 saturated carbocycles. The van der Waals surface area contributed by atoms with Crippen molar-refractivity contribution in [1.29, 1.82) is 5.26 Å². The first-order valence-electron chi connectivity index (χ1n) is 8.55. The molecule has 3 fully saturated rings. The summed E-state index contributed by atoms with van der Waals surface area (Å²) in [5, 5.41) is 13.4. The molecule has 4 unspecified atom stereocenters. The van der Waals surface area contributed by atoms with Crippen LogP contribution in [0.5, 0.6) is 0 Å². The van der Waals surface area contributed by atoms with Crippen LogP contribution in [-0.4, -0.2) is 35.6 Å². The molecule has 0 radical (unpaired) electrons. The Morgan fingerprint density at radius 1 is 1.15 bits per heavy atom. The lowest BCUT2D eigenvalue weighted by molar-refractivity contribution is 0.0590.